The van der Waals surface area contributed by atoms with Gasteiger partial charge in [0, 0.05) is 6.07 Å². The highest BCUT2D eigenvalue weighted by Crippen LogP contribution is 2.33. The summed E-state index contributed by atoms with van der Waals surface area (Å²) >= 11 is 11.7. The number of carboxylic acid groups (broad SMARTS) is 1. The largest absolute Gasteiger partial charge is 0.476 e. The van der Waals surface area contributed by atoms with Gasteiger partial charge in [-0.1, -0.05) is 29.3 Å². The van der Waals surface area contributed by atoms with Gasteiger partial charge >= 0.3 is 5.97 Å². The summed E-state index contributed by atoms with van der Waals surface area (Å²) in [4.78, 5) is 10.6. The molecule has 5 nitrogen and oxygen atoms in total. The monoisotopic (exact) mass is 284 g/mol. The van der Waals surface area contributed by atoms with Crippen molar-refractivity contribution in [3.8, 4) is 11.6 Å². The minimum Gasteiger partial charge on any atom is -0.476 e. The number of rotatable bonds is 3. The van der Waals surface area contributed by atoms with Crippen molar-refractivity contribution in [1.82, 2.24) is 10.2 Å². The van der Waals surface area contributed by atoms with Crippen molar-refractivity contribution in [3.05, 3.63) is 46.1 Å². The van der Waals surface area contributed by atoms with Crippen LogP contribution in [0, 0.1) is 0 Å². The summed E-state index contributed by atoms with van der Waals surface area (Å²) in [5, 5.41) is 16.4. The second-order valence-corrected chi connectivity index (χ2v) is 4.00. The molecule has 1 N–H and O–H groups in total. The lowest BCUT2D eigenvalue weighted by molar-refractivity contribution is 0.0689. The van der Waals surface area contributed by atoms with Crippen LogP contribution in [0.5, 0.6) is 11.6 Å². The minimum atomic E-state index is -1.16. The van der Waals surface area contributed by atoms with Crippen LogP contribution in [0.2, 0.25) is 10.0 Å². The number of aromatic carboxylic acids is 1. The van der Waals surface area contributed by atoms with E-state index >= 15 is 0 Å². The molecule has 7 heteroatoms. The maximum absolute atomic E-state index is 10.6. The molecule has 0 radical (unpaired) electrons. The van der Waals surface area contributed by atoms with E-state index in [4.69, 9.17) is 33.0 Å². The number of halogens is 2. The van der Waals surface area contributed by atoms with Gasteiger partial charge in [0.25, 0.3) is 0 Å². The van der Waals surface area contributed by atoms with Crippen LogP contribution < -0.4 is 4.74 Å². The molecule has 0 aliphatic carbocycles. The quantitative estimate of drug-likeness (QED) is 0.936. The minimum absolute atomic E-state index is 0.129. The molecule has 92 valence electrons. The Morgan fingerprint density at radius 1 is 1.17 bits per heavy atom. The van der Waals surface area contributed by atoms with Crippen LogP contribution in [-0.2, 0) is 0 Å². The predicted molar refractivity (Wildman–Crippen MR) is 65.5 cm³/mol. The smallest absolute Gasteiger partial charge is 0.356 e. The lowest BCUT2D eigenvalue weighted by Crippen LogP contribution is -2.02. The van der Waals surface area contributed by atoms with Crippen molar-refractivity contribution >= 4 is 29.2 Å². The van der Waals surface area contributed by atoms with E-state index in [0.29, 0.717) is 10.8 Å². The van der Waals surface area contributed by atoms with Crippen molar-refractivity contribution in [2.45, 2.75) is 0 Å². The standard InChI is InChI=1S/C11H6Cl2N2O3/c12-6-2-1-3-8(10(6)13)18-9-5-4-7(11(16)17)14-15-9/h1-5H,(H,16,17). The first kappa shape index (κ1) is 12.6. The SMILES string of the molecule is O=C(O)c1ccc(Oc2cccc(Cl)c2Cl)nn1. The molecule has 2 aromatic rings. The molecule has 0 spiro atoms. The first-order valence-corrected chi connectivity index (χ1v) is 5.52. The van der Waals surface area contributed by atoms with E-state index in [9.17, 15) is 4.79 Å². The van der Waals surface area contributed by atoms with Crippen molar-refractivity contribution in [1.29, 1.82) is 0 Å². The van der Waals surface area contributed by atoms with E-state index < -0.39 is 5.97 Å². The van der Waals surface area contributed by atoms with Gasteiger partial charge in [-0.3, -0.25) is 0 Å². The molecular formula is C11H6Cl2N2O3. The Kier molecular flexibility index (Phi) is 3.64. The zero-order valence-electron chi connectivity index (χ0n) is 8.80. The van der Waals surface area contributed by atoms with E-state index in [1.165, 1.54) is 12.1 Å². The van der Waals surface area contributed by atoms with E-state index in [1.807, 2.05) is 0 Å². The highest BCUT2D eigenvalue weighted by molar-refractivity contribution is 6.42. The summed E-state index contributed by atoms with van der Waals surface area (Å²) in [6, 6.07) is 7.57. The number of benzene rings is 1. The number of hydrogen-bond acceptors (Lipinski definition) is 4. The maximum atomic E-state index is 10.6. The summed E-state index contributed by atoms with van der Waals surface area (Å²) in [5.41, 5.74) is -0.167. The molecule has 0 atom stereocenters. The molecule has 0 aliphatic rings. The topological polar surface area (TPSA) is 72.3 Å². The zero-order chi connectivity index (χ0) is 13.1. The van der Waals surface area contributed by atoms with Crippen LogP contribution in [0.25, 0.3) is 0 Å². The maximum Gasteiger partial charge on any atom is 0.356 e. The molecule has 0 saturated heterocycles. The third-order valence-corrected chi connectivity index (χ3v) is 2.79. The summed E-state index contributed by atoms with van der Waals surface area (Å²) in [6.45, 7) is 0. The number of nitrogens with zero attached hydrogens (tertiary/aromatic N) is 2. The van der Waals surface area contributed by atoms with E-state index in [-0.39, 0.29) is 16.6 Å². The lowest BCUT2D eigenvalue weighted by Gasteiger charge is -2.06. The third-order valence-electron chi connectivity index (χ3n) is 1.99. The summed E-state index contributed by atoms with van der Waals surface area (Å²) < 4.78 is 5.34. The van der Waals surface area contributed by atoms with Gasteiger partial charge in [0.2, 0.25) is 5.88 Å². The predicted octanol–water partition coefficient (Wildman–Crippen LogP) is 3.27. The molecule has 0 fully saturated rings. The Morgan fingerprint density at radius 2 is 1.94 bits per heavy atom. The first-order chi connectivity index (χ1) is 8.58. The van der Waals surface area contributed by atoms with Crippen LogP contribution in [0.4, 0.5) is 0 Å². The van der Waals surface area contributed by atoms with Crippen LogP contribution in [0.3, 0.4) is 0 Å². The van der Waals surface area contributed by atoms with Crippen molar-refractivity contribution in [2.75, 3.05) is 0 Å². The van der Waals surface area contributed by atoms with Crippen molar-refractivity contribution < 1.29 is 14.6 Å². The molecule has 1 aromatic carbocycles. The Balaban J connectivity index is 2.24. The summed E-state index contributed by atoms with van der Waals surface area (Å²) in [5.74, 6) is -0.708. The molecule has 0 saturated carbocycles. The molecule has 1 aromatic heterocycles. The molecule has 0 amide bonds. The Hall–Kier alpha value is -1.85. The first-order valence-electron chi connectivity index (χ1n) is 4.77. The Bertz CT molecular complexity index is 587. The molecule has 0 unspecified atom stereocenters. The Morgan fingerprint density at radius 3 is 2.56 bits per heavy atom. The Labute approximate surface area is 112 Å². The van der Waals surface area contributed by atoms with Gasteiger partial charge in [-0.25, -0.2) is 4.79 Å². The highest BCUT2D eigenvalue weighted by Gasteiger charge is 2.09. The van der Waals surface area contributed by atoms with Crippen molar-refractivity contribution in [2.24, 2.45) is 0 Å². The van der Waals surface area contributed by atoms with E-state index in [0.717, 1.165) is 0 Å². The molecule has 1 heterocycles. The zero-order valence-corrected chi connectivity index (χ0v) is 10.3. The fourth-order valence-corrected chi connectivity index (χ4v) is 1.49. The van der Waals surface area contributed by atoms with E-state index in [2.05, 4.69) is 10.2 Å². The number of ether oxygens (including phenoxy) is 1. The van der Waals surface area contributed by atoms with Gasteiger partial charge in [-0.05, 0) is 18.2 Å². The van der Waals surface area contributed by atoms with Crippen LogP contribution in [0.15, 0.2) is 30.3 Å². The number of aromatic nitrogens is 2. The fraction of sp³-hybridized carbons (Fsp3) is 0. The number of hydrogen-bond donors (Lipinski definition) is 1. The number of carbonyl (C=O) groups is 1. The second-order valence-electron chi connectivity index (χ2n) is 3.22. The third kappa shape index (κ3) is 2.69. The molecule has 0 aliphatic heterocycles. The fourth-order valence-electron chi connectivity index (χ4n) is 1.16. The molecular weight excluding hydrogens is 279 g/mol. The highest BCUT2D eigenvalue weighted by atomic mass is 35.5. The second kappa shape index (κ2) is 5.20. The lowest BCUT2D eigenvalue weighted by atomic mass is 10.3. The van der Waals surface area contributed by atoms with Crippen LogP contribution >= 0.6 is 23.2 Å². The van der Waals surface area contributed by atoms with Gasteiger partial charge in [0.05, 0.1) is 5.02 Å². The summed E-state index contributed by atoms with van der Waals surface area (Å²) in [6.07, 6.45) is 0. The average Bonchev–Trinajstić information content (AvgIpc) is 2.36. The normalized spacial score (nSPS) is 10.1. The van der Waals surface area contributed by atoms with Crippen molar-refractivity contribution in [3.63, 3.8) is 0 Å². The molecule has 0 bridgehead atoms. The van der Waals surface area contributed by atoms with Gasteiger partial charge in [0.1, 0.15) is 10.8 Å². The van der Waals surface area contributed by atoms with E-state index in [1.54, 1.807) is 18.2 Å². The summed E-state index contributed by atoms with van der Waals surface area (Å²) in [7, 11) is 0. The van der Waals surface area contributed by atoms with Gasteiger partial charge < -0.3 is 9.84 Å². The van der Waals surface area contributed by atoms with Gasteiger partial charge in [0.15, 0.2) is 5.69 Å². The molecule has 2 rings (SSSR count). The number of carboxylic acids is 1. The van der Waals surface area contributed by atoms with Gasteiger partial charge in [-0.2, -0.15) is 0 Å². The average molecular weight is 285 g/mol. The van der Waals surface area contributed by atoms with Crippen LogP contribution in [-0.4, -0.2) is 21.3 Å². The molecule has 18 heavy (non-hydrogen) atoms. The van der Waals surface area contributed by atoms with Gasteiger partial charge in [-0.15, -0.1) is 10.2 Å². The van der Waals surface area contributed by atoms with Crippen LogP contribution in [0.1, 0.15) is 10.5 Å².